The molecule has 0 atom stereocenters. The average Bonchev–Trinajstić information content (AvgIpc) is 2.62. The smallest absolute Gasteiger partial charge is 0.457 e. The van der Waals surface area contributed by atoms with Gasteiger partial charge in [-0.15, -0.1) is 0 Å². The molecule has 0 aromatic carbocycles. The van der Waals surface area contributed by atoms with Crippen molar-refractivity contribution in [2.75, 3.05) is 33.3 Å². The maximum absolute atomic E-state index is 11.4. The number of quaternary nitrogens is 1. The quantitative estimate of drug-likeness (QED) is 0.167. The second-order valence-electron chi connectivity index (χ2n) is 6.79. The lowest BCUT2D eigenvalue weighted by Gasteiger charge is -2.34. The van der Waals surface area contributed by atoms with Crippen molar-refractivity contribution in [3.63, 3.8) is 0 Å². The van der Waals surface area contributed by atoms with Gasteiger partial charge in [-0.3, -0.25) is 0 Å². The molecule has 8 nitrogen and oxygen atoms in total. The van der Waals surface area contributed by atoms with Crippen molar-refractivity contribution in [1.29, 1.82) is 0 Å². The third-order valence-electron chi connectivity index (χ3n) is 3.93. The van der Waals surface area contributed by atoms with E-state index in [1.54, 1.807) is 0 Å². The number of unbranched alkanes of at least 4 members (excludes halogenated alkanes) is 2. The van der Waals surface area contributed by atoms with Gasteiger partial charge in [0.05, 0.1) is 20.1 Å². The van der Waals surface area contributed by atoms with Gasteiger partial charge >= 0.3 is 17.0 Å². The predicted molar refractivity (Wildman–Crippen MR) is 105 cm³/mol. The van der Waals surface area contributed by atoms with Gasteiger partial charge in [0.2, 0.25) is 0 Å². The summed E-state index contributed by atoms with van der Waals surface area (Å²) in [5.41, 5.74) is -12.4. The Labute approximate surface area is 184 Å². The van der Waals surface area contributed by atoms with Gasteiger partial charge in [-0.2, -0.15) is 26.3 Å². The first-order valence-corrected chi connectivity index (χ1v) is 12.2. The van der Waals surface area contributed by atoms with Crippen molar-refractivity contribution in [3.05, 3.63) is 16.8 Å². The zero-order valence-corrected chi connectivity index (χ0v) is 19.5. The first-order chi connectivity index (χ1) is 14.3. The zero-order chi connectivity index (χ0) is 25.9. The minimum absolute atomic E-state index is 0.317. The molecular formula is C16H28F6N2O6S2. The highest BCUT2D eigenvalue weighted by Crippen LogP contribution is 2.36. The Morgan fingerprint density at radius 1 is 0.906 bits per heavy atom. The number of hydrogen-bond acceptors (Lipinski definition) is 6. The number of carbonyl (C=O) groups is 1. The molecule has 0 heterocycles. The SMILES string of the molecule is C=CC(=O)OCC[N+](C)(CCCC)CCCC.O=S(=O)([N-]S(=O)(=O)C(F)(F)F)C(F)(F)F. The van der Waals surface area contributed by atoms with Gasteiger partial charge in [-0.1, -0.05) is 33.3 Å². The molecular weight excluding hydrogens is 494 g/mol. The van der Waals surface area contributed by atoms with E-state index in [-0.39, 0.29) is 5.97 Å². The number of rotatable bonds is 12. The molecule has 0 saturated heterocycles. The van der Waals surface area contributed by atoms with Crippen LogP contribution in [-0.4, -0.2) is 71.6 Å². The number of ether oxygens (including phenoxy) is 1. The van der Waals surface area contributed by atoms with Crippen LogP contribution in [0.1, 0.15) is 39.5 Å². The topological polar surface area (TPSA) is 109 Å². The third-order valence-corrected chi connectivity index (χ3v) is 6.67. The van der Waals surface area contributed by atoms with Crippen molar-refractivity contribution in [2.45, 2.75) is 50.5 Å². The zero-order valence-electron chi connectivity index (χ0n) is 17.9. The van der Waals surface area contributed by atoms with Gasteiger partial charge in [0.25, 0.3) is 0 Å². The van der Waals surface area contributed by atoms with Crippen LogP contribution < -0.4 is 0 Å². The van der Waals surface area contributed by atoms with Gasteiger partial charge in [0, 0.05) is 6.08 Å². The minimum atomic E-state index is -6.72. The summed E-state index contributed by atoms with van der Waals surface area (Å²) in [5.74, 6) is -0.317. The van der Waals surface area contributed by atoms with Gasteiger partial charge < -0.3 is 13.3 Å². The van der Waals surface area contributed by atoms with Crippen LogP contribution in [0.4, 0.5) is 26.3 Å². The van der Waals surface area contributed by atoms with Gasteiger partial charge in [-0.25, -0.2) is 21.6 Å². The second-order valence-corrected chi connectivity index (χ2v) is 10.2. The van der Waals surface area contributed by atoms with Crippen LogP contribution in [-0.2, 0) is 29.6 Å². The average molecular weight is 523 g/mol. The standard InChI is InChI=1S/C14H28NO2.C2F6NO4S2/c1-5-8-10-15(4,11-9-6-2)12-13-17-14(16)7-3;3-1(4,5)14(10,11)9-15(12,13)2(6,7)8/h7H,3,5-6,8-13H2,1-2,4H3;/q+1;-1. The Kier molecular flexibility index (Phi) is 13.7. The molecule has 0 amide bonds. The van der Waals surface area contributed by atoms with E-state index in [2.05, 4.69) is 27.5 Å². The largest absolute Gasteiger partial charge is 0.480 e. The maximum atomic E-state index is 11.4. The number of carbonyl (C=O) groups excluding carboxylic acids is 1. The Balaban J connectivity index is 0. The number of sulfonamides is 2. The summed E-state index contributed by atoms with van der Waals surface area (Å²) >= 11 is 0. The molecule has 0 spiro atoms. The van der Waals surface area contributed by atoms with Crippen LogP contribution in [0.2, 0.25) is 0 Å². The summed E-state index contributed by atoms with van der Waals surface area (Å²) in [6.07, 6.45) is 6.12. The Morgan fingerprint density at radius 2 is 1.28 bits per heavy atom. The maximum Gasteiger partial charge on any atom is 0.480 e. The fourth-order valence-electron chi connectivity index (χ4n) is 2.05. The molecule has 0 N–H and O–H groups in total. The molecule has 0 aliphatic heterocycles. The molecule has 0 aliphatic carbocycles. The fraction of sp³-hybridized carbons (Fsp3) is 0.812. The molecule has 192 valence electrons. The summed E-state index contributed by atoms with van der Waals surface area (Å²) in [6.45, 7) is 11.6. The fourth-order valence-corrected chi connectivity index (χ4v) is 3.76. The number of nitrogens with zero attached hydrogens (tertiary/aromatic N) is 2. The number of esters is 1. The minimum Gasteiger partial charge on any atom is -0.457 e. The van der Waals surface area contributed by atoms with Crippen LogP contribution in [0.25, 0.3) is 4.13 Å². The van der Waals surface area contributed by atoms with E-state index in [0.717, 1.165) is 15.2 Å². The lowest BCUT2D eigenvalue weighted by molar-refractivity contribution is -0.910. The Hall–Kier alpha value is -1.39. The molecule has 0 bridgehead atoms. The summed E-state index contributed by atoms with van der Waals surface area (Å²) in [5, 5.41) is 0. The lowest BCUT2D eigenvalue weighted by atomic mass is 10.2. The molecule has 32 heavy (non-hydrogen) atoms. The summed E-state index contributed by atoms with van der Waals surface area (Å²) < 4.78 is 115. The summed E-state index contributed by atoms with van der Waals surface area (Å²) in [4.78, 5) is 11.0. The molecule has 0 aromatic heterocycles. The van der Waals surface area contributed by atoms with Crippen molar-refractivity contribution >= 4 is 26.0 Å². The number of halogens is 6. The normalized spacial score (nSPS) is 13.2. The van der Waals surface area contributed by atoms with Crippen LogP contribution in [0, 0.1) is 0 Å². The second kappa shape index (κ2) is 13.3. The highest BCUT2D eigenvalue weighted by Gasteiger charge is 2.46. The summed E-state index contributed by atoms with van der Waals surface area (Å²) in [6, 6.07) is 0. The van der Waals surface area contributed by atoms with Crippen LogP contribution in [0.15, 0.2) is 12.7 Å². The number of hydrogen-bond donors (Lipinski definition) is 0. The van der Waals surface area contributed by atoms with Gasteiger partial charge in [0.15, 0.2) is 20.0 Å². The lowest BCUT2D eigenvalue weighted by Crippen LogP contribution is -2.47. The predicted octanol–water partition coefficient (Wildman–Crippen LogP) is 3.82. The molecule has 0 radical (unpaired) electrons. The van der Waals surface area contributed by atoms with E-state index in [0.29, 0.717) is 6.61 Å². The molecule has 0 saturated carbocycles. The molecule has 16 heteroatoms. The number of alkyl halides is 6. The number of likely N-dealkylation sites (N-methyl/N-ethyl adjacent to an activating group) is 1. The molecule has 0 rings (SSSR count). The first-order valence-electron chi connectivity index (χ1n) is 9.28. The van der Waals surface area contributed by atoms with E-state index in [9.17, 15) is 48.0 Å². The van der Waals surface area contributed by atoms with Crippen LogP contribution in [0.3, 0.4) is 0 Å². The van der Waals surface area contributed by atoms with Crippen molar-refractivity contribution in [2.24, 2.45) is 0 Å². The first kappa shape index (κ1) is 32.8. The summed E-state index contributed by atoms with van der Waals surface area (Å²) in [7, 11) is -11.2. The van der Waals surface area contributed by atoms with E-state index < -0.39 is 31.1 Å². The highest BCUT2D eigenvalue weighted by molar-refractivity contribution is 8.13. The van der Waals surface area contributed by atoms with E-state index >= 15 is 0 Å². The Bertz CT molecular complexity index is 745. The van der Waals surface area contributed by atoms with E-state index in [4.69, 9.17) is 4.74 Å². The highest BCUT2D eigenvalue weighted by atomic mass is 32.3. The molecule has 0 aromatic rings. The van der Waals surface area contributed by atoms with Gasteiger partial charge in [-0.05, 0) is 12.8 Å². The molecule has 0 fully saturated rings. The molecule has 0 unspecified atom stereocenters. The molecule has 0 aliphatic rings. The third kappa shape index (κ3) is 12.6. The van der Waals surface area contributed by atoms with E-state index in [1.165, 1.54) is 44.8 Å². The van der Waals surface area contributed by atoms with Crippen molar-refractivity contribution in [3.8, 4) is 0 Å². The Morgan fingerprint density at radius 3 is 1.56 bits per heavy atom. The van der Waals surface area contributed by atoms with Gasteiger partial charge in [0.1, 0.15) is 13.2 Å². The van der Waals surface area contributed by atoms with Crippen LogP contribution >= 0.6 is 0 Å². The van der Waals surface area contributed by atoms with Crippen molar-refractivity contribution < 1.29 is 57.2 Å². The van der Waals surface area contributed by atoms with E-state index in [1.807, 2.05) is 0 Å². The monoisotopic (exact) mass is 522 g/mol. The van der Waals surface area contributed by atoms with Crippen LogP contribution in [0.5, 0.6) is 0 Å². The van der Waals surface area contributed by atoms with Crippen molar-refractivity contribution in [1.82, 2.24) is 0 Å².